The molecule has 1 amide bonds. The molecule has 0 unspecified atom stereocenters. The first-order chi connectivity index (χ1) is 13.3. The molecule has 0 aliphatic rings. The largest absolute Gasteiger partial charge is 0.325 e. The molecule has 2 aromatic carbocycles. The zero-order valence-corrected chi connectivity index (χ0v) is 17.5. The van der Waals surface area contributed by atoms with Gasteiger partial charge in [-0.05, 0) is 43.2 Å². The van der Waals surface area contributed by atoms with Crippen molar-refractivity contribution < 1.29 is 13.2 Å². The lowest BCUT2D eigenvalue weighted by atomic mass is 10.1. The molecule has 0 aliphatic heterocycles. The number of benzene rings is 2. The molecule has 0 spiro atoms. The fraction of sp³-hybridized carbons (Fsp3) is 0.381. The van der Waals surface area contributed by atoms with Gasteiger partial charge < -0.3 is 10.6 Å². The third kappa shape index (κ3) is 6.15. The van der Waals surface area contributed by atoms with Gasteiger partial charge in [0.1, 0.15) is 0 Å². The van der Waals surface area contributed by atoms with Crippen LogP contribution in [0.1, 0.15) is 38.3 Å². The van der Waals surface area contributed by atoms with Crippen LogP contribution >= 0.6 is 0 Å². The zero-order valence-electron chi connectivity index (χ0n) is 16.7. The molecule has 2 N–H and O–H groups in total. The fourth-order valence-electron chi connectivity index (χ4n) is 2.70. The Balaban J connectivity index is 1.90. The van der Waals surface area contributed by atoms with Crippen LogP contribution in [0.2, 0.25) is 0 Å². The lowest BCUT2D eigenvalue weighted by Crippen LogP contribution is -2.30. The average molecular weight is 404 g/mol. The molecule has 0 heterocycles. The van der Waals surface area contributed by atoms with Crippen molar-refractivity contribution in [3.8, 4) is 0 Å². The number of nitrogens with zero attached hydrogens (tertiary/aromatic N) is 1. The Labute approximate surface area is 168 Å². The van der Waals surface area contributed by atoms with Gasteiger partial charge in [-0.1, -0.05) is 43.7 Å². The Kier molecular flexibility index (Phi) is 8.17. The Bertz CT molecular complexity index is 852. The number of rotatable bonds is 10. The minimum atomic E-state index is -3.50. The summed E-state index contributed by atoms with van der Waals surface area (Å²) in [5.41, 5.74) is 1.67. The van der Waals surface area contributed by atoms with Gasteiger partial charge in [0.25, 0.3) is 0 Å². The molecule has 2 rings (SSSR count). The third-order valence-electron chi connectivity index (χ3n) is 4.54. The van der Waals surface area contributed by atoms with E-state index in [0.717, 1.165) is 18.4 Å². The number of anilines is 1. The van der Waals surface area contributed by atoms with Gasteiger partial charge in [-0.3, -0.25) is 4.79 Å². The summed E-state index contributed by atoms with van der Waals surface area (Å²) in [6.45, 7) is 4.67. The first kappa shape index (κ1) is 22.1. The molecule has 1 atom stereocenters. The number of carbonyl (C=O) groups excluding carboxylic acids is 1. The van der Waals surface area contributed by atoms with Gasteiger partial charge in [0.05, 0.1) is 11.4 Å². The van der Waals surface area contributed by atoms with Gasteiger partial charge in [0.2, 0.25) is 15.9 Å². The molecule has 0 radical (unpaired) electrons. The van der Waals surface area contributed by atoms with Crippen LogP contribution in [0.3, 0.4) is 0 Å². The Hall–Kier alpha value is -2.22. The fourth-order valence-corrected chi connectivity index (χ4v) is 3.91. The highest BCUT2D eigenvalue weighted by atomic mass is 32.2. The van der Waals surface area contributed by atoms with E-state index in [1.54, 1.807) is 19.2 Å². The van der Waals surface area contributed by atoms with E-state index in [-0.39, 0.29) is 23.4 Å². The highest BCUT2D eigenvalue weighted by molar-refractivity contribution is 7.89. The molecule has 0 fully saturated rings. The molecule has 0 saturated carbocycles. The molecule has 152 valence electrons. The number of carbonyl (C=O) groups is 1. The van der Waals surface area contributed by atoms with E-state index in [0.29, 0.717) is 12.2 Å². The Morgan fingerprint density at radius 3 is 2.32 bits per heavy atom. The topological polar surface area (TPSA) is 78.5 Å². The second-order valence-electron chi connectivity index (χ2n) is 6.77. The monoisotopic (exact) mass is 403 g/mol. The molecule has 2 aromatic rings. The van der Waals surface area contributed by atoms with Crippen LogP contribution in [-0.4, -0.2) is 38.8 Å². The van der Waals surface area contributed by atoms with Crippen LogP contribution < -0.4 is 10.6 Å². The first-order valence-electron chi connectivity index (χ1n) is 9.49. The predicted octanol–water partition coefficient (Wildman–Crippen LogP) is 3.40. The first-order valence-corrected chi connectivity index (χ1v) is 10.9. The van der Waals surface area contributed by atoms with Crippen molar-refractivity contribution in [1.29, 1.82) is 0 Å². The SMILES string of the molecule is CCCCN(C)S(=O)(=O)c1ccc(NC(=O)CN[C@@H](C)c2ccccc2)cc1. The van der Waals surface area contributed by atoms with Crippen LogP contribution in [0.4, 0.5) is 5.69 Å². The maximum absolute atomic E-state index is 12.5. The van der Waals surface area contributed by atoms with Crippen molar-refractivity contribution in [3.05, 3.63) is 60.2 Å². The second-order valence-corrected chi connectivity index (χ2v) is 8.81. The zero-order chi connectivity index (χ0) is 20.6. The highest BCUT2D eigenvalue weighted by Gasteiger charge is 2.20. The summed E-state index contributed by atoms with van der Waals surface area (Å²) in [6, 6.07) is 16.2. The van der Waals surface area contributed by atoms with E-state index in [2.05, 4.69) is 10.6 Å². The minimum absolute atomic E-state index is 0.0538. The Morgan fingerprint density at radius 2 is 1.71 bits per heavy atom. The van der Waals surface area contributed by atoms with Crippen LogP contribution in [0, 0.1) is 0 Å². The average Bonchev–Trinajstić information content (AvgIpc) is 2.71. The standard InChI is InChI=1S/C21H29N3O3S/c1-4-5-15-24(3)28(26,27)20-13-11-19(12-14-20)23-21(25)16-22-17(2)18-9-7-6-8-10-18/h6-14,17,22H,4-5,15-16H2,1-3H3,(H,23,25)/t17-/m0/s1. The second kappa shape index (κ2) is 10.4. The molecular formula is C21H29N3O3S. The van der Waals surface area contributed by atoms with E-state index in [9.17, 15) is 13.2 Å². The van der Waals surface area contributed by atoms with E-state index >= 15 is 0 Å². The maximum Gasteiger partial charge on any atom is 0.242 e. The summed E-state index contributed by atoms with van der Waals surface area (Å²) in [6.07, 6.45) is 1.75. The van der Waals surface area contributed by atoms with Crippen molar-refractivity contribution in [1.82, 2.24) is 9.62 Å². The van der Waals surface area contributed by atoms with Crippen LogP contribution in [0.15, 0.2) is 59.5 Å². The van der Waals surface area contributed by atoms with Crippen LogP contribution in [-0.2, 0) is 14.8 Å². The van der Waals surface area contributed by atoms with E-state index in [1.807, 2.05) is 44.2 Å². The Morgan fingerprint density at radius 1 is 1.07 bits per heavy atom. The summed E-state index contributed by atoms with van der Waals surface area (Å²) < 4.78 is 26.4. The van der Waals surface area contributed by atoms with E-state index < -0.39 is 10.0 Å². The van der Waals surface area contributed by atoms with Crippen molar-refractivity contribution in [3.63, 3.8) is 0 Å². The molecule has 0 bridgehead atoms. The highest BCUT2D eigenvalue weighted by Crippen LogP contribution is 2.18. The van der Waals surface area contributed by atoms with Gasteiger partial charge in [0, 0.05) is 25.3 Å². The van der Waals surface area contributed by atoms with Crippen LogP contribution in [0.5, 0.6) is 0 Å². The van der Waals surface area contributed by atoms with Gasteiger partial charge in [-0.15, -0.1) is 0 Å². The van der Waals surface area contributed by atoms with Gasteiger partial charge in [-0.25, -0.2) is 12.7 Å². The molecule has 0 aliphatic carbocycles. The molecular weight excluding hydrogens is 374 g/mol. The molecule has 0 aromatic heterocycles. The van der Waals surface area contributed by atoms with Gasteiger partial charge >= 0.3 is 0 Å². The summed E-state index contributed by atoms with van der Waals surface area (Å²) in [5, 5.41) is 5.96. The molecule has 28 heavy (non-hydrogen) atoms. The van der Waals surface area contributed by atoms with Crippen molar-refractivity contribution in [2.45, 2.75) is 37.6 Å². The van der Waals surface area contributed by atoms with E-state index in [4.69, 9.17) is 0 Å². The number of hydrogen-bond acceptors (Lipinski definition) is 4. The molecule has 7 heteroatoms. The van der Waals surface area contributed by atoms with Crippen molar-refractivity contribution in [2.75, 3.05) is 25.5 Å². The number of nitrogens with one attached hydrogen (secondary N) is 2. The van der Waals surface area contributed by atoms with E-state index in [1.165, 1.54) is 16.4 Å². The lowest BCUT2D eigenvalue weighted by Gasteiger charge is -2.17. The van der Waals surface area contributed by atoms with Gasteiger partial charge in [-0.2, -0.15) is 0 Å². The third-order valence-corrected chi connectivity index (χ3v) is 6.41. The number of unbranched alkanes of at least 4 members (excludes halogenated alkanes) is 1. The summed E-state index contributed by atoms with van der Waals surface area (Å²) in [7, 11) is -1.92. The summed E-state index contributed by atoms with van der Waals surface area (Å²) >= 11 is 0. The summed E-state index contributed by atoms with van der Waals surface area (Å²) in [4.78, 5) is 12.4. The lowest BCUT2D eigenvalue weighted by molar-refractivity contribution is -0.115. The number of hydrogen-bond donors (Lipinski definition) is 2. The van der Waals surface area contributed by atoms with Crippen LogP contribution in [0.25, 0.3) is 0 Å². The van der Waals surface area contributed by atoms with Crippen molar-refractivity contribution >= 4 is 21.6 Å². The minimum Gasteiger partial charge on any atom is -0.325 e. The number of sulfonamides is 1. The predicted molar refractivity (Wildman–Crippen MR) is 113 cm³/mol. The molecule has 0 saturated heterocycles. The summed E-state index contributed by atoms with van der Waals surface area (Å²) in [5.74, 6) is -0.182. The maximum atomic E-state index is 12.5. The van der Waals surface area contributed by atoms with Gasteiger partial charge in [0.15, 0.2) is 0 Å². The normalized spacial score (nSPS) is 12.7. The smallest absolute Gasteiger partial charge is 0.242 e. The van der Waals surface area contributed by atoms with Crippen molar-refractivity contribution in [2.24, 2.45) is 0 Å². The quantitative estimate of drug-likeness (QED) is 0.637. The molecule has 6 nitrogen and oxygen atoms in total. The number of amides is 1.